The fourth-order valence-corrected chi connectivity index (χ4v) is 4.34. The molecule has 0 spiro atoms. The lowest BCUT2D eigenvalue weighted by Gasteiger charge is -2.28. The van der Waals surface area contributed by atoms with Crippen molar-refractivity contribution in [2.75, 3.05) is 6.54 Å². The number of carbonyl (C=O) groups excluding carboxylic acids is 6. The lowest BCUT2D eigenvalue weighted by molar-refractivity contribution is -0.142. The van der Waals surface area contributed by atoms with Gasteiger partial charge in [0.2, 0.25) is 23.5 Å². The number of guanidine groups is 1. The number of rotatable bonds is 19. The molecule has 43 heavy (non-hydrogen) atoms. The summed E-state index contributed by atoms with van der Waals surface area (Å²) in [6.07, 6.45) is 2.04. The fourth-order valence-electron chi connectivity index (χ4n) is 4.34. The van der Waals surface area contributed by atoms with Crippen molar-refractivity contribution in [3.05, 3.63) is 35.9 Å². The van der Waals surface area contributed by atoms with Gasteiger partial charge in [0.25, 0.3) is 5.91 Å². The number of ketones is 1. The van der Waals surface area contributed by atoms with E-state index < -0.39 is 59.5 Å². The van der Waals surface area contributed by atoms with Gasteiger partial charge >= 0.3 is 0 Å². The van der Waals surface area contributed by atoms with Gasteiger partial charge in [0.1, 0.15) is 18.4 Å². The van der Waals surface area contributed by atoms with Crippen LogP contribution >= 0.6 is 0 Å². The summed E-state index contributed by atoms with van der Waals surface area (Å²) in [5.41, 5.74) is 6.05. The summed E-state index contributed by atoms with van der Waals surface area (Å²) < 4.78 is 0. The molecule has 4 amide bonds. The smallest absolute Gasteiger partial charge is 0.290 e. The Morgan fingerprint density at radius 3 is 2.09 bits per heavy atom. The second-order valence-corrected chi connectivity index (χ2v) is 11.1. The first-order valence-electron chi connectivity index (χ1n) is 14.6. The van der Waals surface area contributed by atoms with Gasteiger partial charge in [0.05, 0.1) is 12.1 Å². The lowest BCUT2D eigenvalue weighted by atomic mass is 9.93. The van der Waals surface area contributed by atoms with Crippen LogP contribution in [0.2, 0.25) is 0 Å². The van der Waals surface area contributed by atoms with Crippen LogP contribution in [0.25, 0.3) is 0 Å². The molecule has 0 heterocycles. The molecule has 0 saturated heterocycles. The Kier molecular flexibility index (Phi) is 16.2. The summed E-state index contributed by atoms with van der Waals surface area (Å²) in [4.78, 5) is 76.2. The van der Waals surface area contributed by atoms with Crippen molar-refractivity contribution in [3.63, 3.8) is 0 Å². The van der Waals surface area contributed by atoms with Crippen LogP contribution in [0, 0.1) is 17.2 Å². The first kappa shape index (κ1) is 36.7. The van der Waals surface area contributed by atoms with Gasteiger partial charge in [-0.1, -0.05) is 64.4 Å². The van der Waals surface area contributed by atoms with E-state index in [0.717, 1.165) is 5.56 Å². The molecule has 0 aliphatic carbocycles. The second-order valence-electron chi connectivity index (χ2n) is 11.1. The maximum absolute atomic E-state index is 13.5. The van der Waals surface area contributed by atoms with Gasteiger partial charge < -0.3 is 37.1 Å². The van der Waals surface area contributed by atoms with Gasteiger partial charge in [-0.15, -0.1) is 0 Å². The highest BCUT2D eigenvalue weighted by atomic mass is 16.2. The molecule has 5 atom stereocenters. The van der Waals surface area contributed by atoms with E-state index in [2.05, 4.69) is 26.6 Å². The standard InChI is InChI=1S/C30H47N7O6/c1-6-19(4)25(26(40)29(43)35-22(17-38)13-10-14-33-30(31)32)37-28(42)23(15-18(2)3)36-27(41)24(34-20(5)39)16-21-11-8-7-9-12-21/h7-9,11-12,17-19,22-25H,6,10,13-16H2,1-5H3,(H,34,39)(H,35,43)(H,36,41)(H,37,42)(H4,31,32,33)/t19-,22+,23-,24-,25?/m0/s1. The van der Waals surface area contributed by atoms with Crippen LogP contribution in [-0.4, -0.2) is 72.4 Å². The van der Waals surface area contributed by atoms with Crippen molar-refractivity contribution < 1.29 is 28.8 Å². The minimum absolute atomic E-state index is 0.0173. The maximum atomic E-state index is 13.5. The van der Waals surface area contributed by atoms with E-state index in [4.69, 9.17) is 11.1 Å². The summed E-state index contributed by atoms with van der Waals surface area (Å²) in [6, 6.07) is 5.00. The minimum atomic E-state index is -1.20. The topological polar surface area (TPSA) is 212 Å². The van der Waals surface area contributed by atoms with Crippen molar-refractivity contribution in [3.8, 4) is 0 Å². The zero-order valence-corrected chi connectivity index (χ0v) is 25.7. The van der Waals surface area contributed by atoms with E-state index >= 15 is 0 Å². The molecule has 1 rings (SSSR count). The molecule has 0 radical (unpaired) electrons. The van der Waals surface area contributed by atoms with Gasteiger partial charge in [-0.25, -0.2) is 0 Å². The largest absolute Gasteiger partial charge is 0.370 e. The summed E-state index contributed by atoms with van der Waals surface area (Å²) in [5.74, 6) is -4.20. The number of aldehydes is 1. The Morgan fingerprint density at radius 2 is 1.56 bits per heavy atom. The number of nitrogens with one attached hydrogen (secondary N) is 6. The molecule has 238 valence electrons. The number of hydrogen-bond acceptors (Lipinski definition) is 7. The van der Waals surface area contributed by atoms with Crippen molar-refractivity contribution in [1.82, 2.24) is 26.6 Å². The Morgan fingerprint density at radius 1 is 0.930 bits per heavy atom. The van der Waals surface area contributed by atoms with Crippen molar-refractivity contribution in [1.29, 1.82) is 5.41 Å². The van der Waals surface area contributed by atoms with Gasteiger partial charge in [-0.3, -0.25) is 29.4 Å². The first-order chi connectivity index (χ1) is 20.3. The van der Waals surface area contributed by atoms with E-state index in [1.807, 2.05) is 44.2 Å². The van der Waals surface area contributed by atoms with Crippen LogP contribution in [0.1, 0.15) is 65.9 Å². The highest BCUT2D eigenvalue weighted by Gasteiger charge is 2.35. The molecular weight excluding hydrogens is 554 g/mol. The van der Waals surface area contributed by atoms with E-state index in [0.29, 0.717) is 25.7 Å². The van der Waals surface area contributed by atoms with E-state index in [-0.39, 0.29) is 31.1 Å². The molecule has 0 fully saturated rings. The van der Waals surface area contributed by atoms with Crippen LogP contribution in [0.4, 0.5) is 0 Å². The summed E-state index contributed by atoms with van der Waals surface area (Å²) in [5, 5.41) is 20.2. The fraction of sp³-hybridized carbons (Fsp3) is 0.567. The minimum Gasteiger partial charge on any atom is -0.370 e. The third-order valence-corrected chi connectivity index (χ3v) is 6.82. The summed E-state index contributed by atoms with van der Waals surface area (Å²) >= 11 is 0. The average molecular weight is 602 g/mol. The molecule has 8 N–H and O–H groups in total. The number of Topliss-reactive ketones (excluding diaryl/α,β-unsaturated/α-hetero) is 1. The Bertz CT molecular complexity index is 1110. The number of hydrogen-bond donors (Lipinski definition) is 7. The van der Waals surface area contributed by atoms with Gasteiger partial charge in [-0.2, -0.15) is 0 Å². The van der Waals surface area contributed by atoms with Crippen molar-refractivity contribution in [2.45, 2.75) is 90.9 Å². The zero-order chi connectivity index (χ0) is 32.5. The van der Waals surface area contributed by atoms with Crippen LogP contribution in [-0.2, 0) is 35.2 Å². The first-order valence-corrected chi connectivity index (χ1v) is 14.6. The second kappa shape index (κ2) is 19.0. The molecule has 0 aliphatic rings. The van der Waals surface area contributed by atoms with E-state index in [1.165, 1.54) is 6.92 Å². The quantitative estimate of drug-likeness (QED) is 0.0384. The predicted octanol–water partition coefficient (Wildman–Crippen LogP) is 0.312. The highest BCUT2D eigenvalue weighted by Crippen LogP contribution is 2.13. The van der Waals surface area contributed by atoms with Crippen LogP contribution in [0.3, 0.4) is 0 Å². The number of benzene rings is 1. The predicted molar refractivity (Wildman–Crippen MR) is 163 cm³/mol. The molecule has 0 aliphatic heterocycles. The molecule has 1 aromatic rings. The maximum Gasteiger partial charge on any atom is 0.290 e. The Balaban J connectivity index is 3.05. The molecule has 0 bridgehead atoms. The molecule has 0 saturated carbocycles. The SMILES string of the molecule is CC[C@H](C)C(NC(=O)[C@H](CC(C)C)NC(=O)[C@H](Cc1ccccc1)NC(C)=O)C(=O)C(=O)N[C@@H](C=O)CCCNC(=N)N. The lowest BCUT2D eigenvalue weighted by Crippen LogP contribution is -2.58. The highest BCUT2D eigenvalue weighted by molar-refractivity contribution is 6.38. The van der Waals surface area contributed by atoms with Crippen LogP contribution < -0.4 is 32.3 Å². The number of carbonyl (C=O) groups is 6. The van der Waals surface area contributed by atoms with Crippen LogP contribution in [0.15, 0.2) is 30.3 Å². The number of amides is 4. The monoisotopic (exact) mass is 601 g/mol. The molecular formula is C30H47N7O6. The normalized spacial score (nSPS) is 14.3. The molecule has 0 aromatic heterocycles. The number of nitrogens with two attached hydrogens (primary N) is 1. The summed E-state index contributed by atoms with van der Waals surface area (Å²) in [7, 11) is 0. The summed E-state index contributed by atoms with van der Waals surface area (Å²) in [6.45, 7) is 8.88. The van der Waals surface area contributed by atoms with E-state index in [9.17, 15) is 28.8 Å². The molecule has 1 aromatic carbocycles. The average Bonchev–Trinajstić information content (AvgIpc) is 2.95. The molecule has 13 nitrogen and oxygen atoms in total. The third kappa shape index (κ3) is 14.0. The Labute approximate surface area is 253 Å². The Hall–Kier alpha value is -4.29. The third-order valence-electron chi connectivity index (χ3n) is 6.82. The van der Waals surface area contributed by atoms with Crippen molar-refractivity contribution >= 4 is 41.7 Å². The van der Waals surface area contributed by atoms with Gasteiger partial charge in [-0.05, 0) is 36.7 Å². The van der Waals surface area contributed by atoms with Gasteiger partial charge in [0, 0.05) is 19.9 Å². The van der Waals surface area contributed by atoms with Gasteiger partial charge in [0.15, 0.2) is 5.96 Å². The molecule has 1 unspecified atom stereocenters. The van der Waals surface area contributed by atoms with Crippen molar-refractivity contribution in [2.24, 2.45) is 17.6 Å². The van der Waals surface area contributed by atoms with E-state index in [1.54, 1.807) is 13.8 Å². The molecule has 13 heteroatoms. The zero-order valence-electron chi connectivity index (χ0n) is 25.7. The van der Waals surface area contributed by atoms with Crippen LogP contribution in [0.5, 0.6) is 0 Å².